The summed E-state index contributed by atoms with van der Waals surface area (Å²) in [6, 6.07) is 3.34. The molecule has 102 valence electrons. The lowest BCUT2D eigenvalue weighted by molar-refractivity contribution is 0.472. The average Bonchev–Trinajstić information content (AvgIpc) is 2.68. The van der Waals surface area contributed by atoms with Crippen LogP contribution in [-0.2, 0) is 16.3 Å². The van der Waals surface area contributed by atoms with Gasteiger partial charge in [0.1, 0.15) is 11.4 Å². The van der Waals surface area contributed by atoms with Crippen LogP contribution < -0.4 is 0 Å². The third-order valence-electron chi connectivity index (χ3n) is 3.54. The van der Waals surface area contributed by atoms with Crippen molar-refractivity contribution >= 4 is 15.5 Å². The molecule has 1 N–H and O–H groups in total. The third-order valence-corrected chi connectivity index (χ3v) is 5.43. The van der Waals surface area contributed by atoms with Crippen LogP contribution >= 0.6 is 0 Å². The zero-order valence-corrected chi connectivity index (χ0v) is 11.3. The molecule has 1 atom stereocenters. The maximum atomic E-state index is 11.6. The first kappa shape index (κ1) is 12.5. The van der Waals surface area contributed by atoms with E-state index >= 15 is 0 Å². The number of hydrogen-bond acceptors (Lipinski definition) is 4. The van der Waals surface area contributed by atoms with Crippen molar-refractivity contribution < 1.29 is 13.5 Å². The van der Waals surface area contributed by atoms with E-state index in [0.29, 0.717) is 12.2 Å². The van der Waals surface area contributed by atoms with Crippen LogP contribution in [0.2, 0.25) is 0 Å². The number of pyridine rings is 1. The van der Waals surface area contributed by atoms with Gasteiger partial charge in [-0.3, -0.25) is 0 Å². The van der Waals surface area contributed by atoms with Crippen LogP contribution in [0.1, 0.15) is 18.5 Å². The van der Waals surface area contributed by atoms with E-state index in [9.17, 15) is 13.5 Å². The van der Waals surface area contributed by atoms with E-state index in [4.69, 9.17) is 0 Å². The van der Waals surface area contributed by atoms with Crippen LogP contribution in [0, 0.1) is 5.92 Å². The maximum absolute atomic E-state index is 11.6. The summed E-state index contributed by atoms with van der Waals surface area (Å²) in [5.74, 6) is 0.947. The molecule has 2 aromatic heterocycles. The number of sulfone groups is 1. The highest BCUT2D eigenvalue weighted by Crippen LogP contribution is 2.22. The Balaban J connectivity index is 1.81. The molecule has 6 heteroatoms. The molecular weight excluding hydrogens is 264 g/mol. The minimum absolute atomic E-state index is 0.164. The van der Waals surface area contributed by atoms with Gasteiger partial charge in [0.2, 0.25) is 0 Å². The third kappa shape index (κ3) is 2.73. The van der Waals surface area contributed by atoms with Crippen molar-refractivity contribution in [1.82, 2.24) is 9.38 Å². The monoisotopic (exact) mass is 280 g/mol. The quantitative estimate of drug-likeness (QED) is 0.902. The van der Waals surface area contributed by atoms with E-state index in [0.717, 1.165) is 24.2 Å². The van der Waals surface area contributed by atoms with Crippen molar-refractivity contribution in [3.8, 4) is 5.75 Å². The van der Waals surface area contributed by atoms with Gasteiger partial charge >= 0.3 is 0 Å². The summed E-state index contributed by atoms with van der Waals surface area (Å²) >= 11 is 0. The highest BCUT2D eigenvalue weighted by Gasteiger charge is 2.25. The molecule has 1 aliphatic heterocycles. The van der Waals surface area contributed by atoms with Crippen molar-refractivity contribution in [2.75, 3.05) is 11.5 Å². The molecule has 0 aromatic carbocycles. The molecule has 0 saturated carbocycles. The number of rotatable bonds is 2. The molecule has 0 radical (unpaired) electrons. The summed E-state index contributed by atoms with van der Waals surface area (Å²) in [7, 11) is -2.86. The molecular formula is C13H16N2O3S. The van der Waals surface area contributed by atoms with E-state index in [-0.39, 0.29) is 17.4 Å². The van der Waals surface area contributed by atoms with E-state index in [1.54, 1.807) is 22.7 Å². The normalized spacial score (nSPS) is 22.6. The summed E-state index contributed by atoms with van der Waals surface area (Å²) in [5.41, 5.74) is 1.65. The molecule has 3 rings (SSSR count). The molecule has 1 unspecified atom stereocenters. The molecule has 0 amide bonds. The summed E-state index contributed by atoms with van der Waals surface area (Å²) in [5, 5.41) is 9.40. The van der Waals surface area contributed by atoms with Crippen LogP contribution in [-0.4, -0.2) is 34.4 Å². The summed E-state index contributed by atoms with van der Waals surface area (Å²) < 4.78 is 25.0. The lowest BCUT2D eigenvalue weighted by Crippen LogP contribution is -2.26. The fraction of sp³-hybridized carbons (Fsp3) is 0.462. The molecule has 19 heavy (non-hydrogen) atoms. The first-order valence-electron chi connectivity index (χ1n) is 6.39. The second kappa shape index (κ2) is 4.52. The van der Waals surface area contributed by atoms with Gasteiger partial charge in [0, 0.05) is 6.20 Å². The maximum Gasteiger partial charge on any atom is 0.150 e. The van der Waals surface area contributed by atoms with E-state index in [1.165, 1.54) is 0 Å². The van der Waals surface area contributed by atoms with Gasteiger partial charge in [-0.2, -0.15) is 0 Å². The van der Waals surface area contributed by atoms with Crippen molar-refractivity contribution in [3.63, 3.8) is 0 Å². The predicted molar refractivity (Wildman–Crippen MR) is 71.9 cm³/mol. The Morgan fingerprint density at radius 3 is 3.00 bits per heavy atom. The molecule has 0 spiro atoms. The van der Waals surface area contributed by atoms with Crippen LogP contribution in [0.5, 0.6) is 5.75 Å². The molecule has 0 aliphatic carbocycles. The minimum Gasteiger partial charge on any atom is -0.506 e. The first-order valence-corrected chi connectivity index (χ1v) is 8.21. The van der Waals surface area contributed by atoms with E-state index in [1.807, 2.05) is 6.20 Å². The van der Waals surface area contributed by atoms with Crippen LogP contribution in [0.4, 0.5) is 0 Å². The largest absolute Gasteiger partial charge is 0.506 e. The van der Waals surface area contributed by atoms with E-state index in [2.05, 4.69) is 4.98 Å². The fourth-order valence-electron chi connectivity index (χ4n) is 2.71. The Morgan fingerprint density at radius 1 is 1.37 bits per heavy atom. The smallest absolute Gasteiger partial charge is 0.150 e. The molecule has 1 aliphatic rings. The Kier molecular flexibility index (Phi) is 2.97. The van der Waals surface area contributed by atoms with Gasteiger partial charge in [-0.1, -0.05) is 0 Å². The highest BCUT2D eigenvalue weighted by molar-refractivity contribution is 7.91. The zero-order chi connectivity index (χ0) is 13.5. The van der Waals surface area contributed by atoms with Crippen molar-refractivity contribution in [3.05, 3.63) is 30.2 Å². The topological polar surface area (TPSA) is 71.7 Å². The number of imidazole rings is 1. The van der Waals surface area contributed by atoms with Gasteiger partial charge < -0.3 is 9.51 Å². The molecule has 1 saturated heterocycles. The van der Waals surface area contributed by atoms with Gasteiger partial charge in [0.25, 0.3) is 0 Å². The first-order chi connectivity index (χ1) is 9.02. The fourth-order valence-corrected chi connectivity index (χ4v) is 4.48. The van der Waals surface area contributed by atoms with E-state index < -0.39 is 9.84 Å². The summed E-state index contributed by atoms with van der Waals surface area (Å²) in [6.45, 7) is 0. The minimum atomic E-state index is -2.86. The summed E-state index contributed by atoms with van der Waals surface area (Å²) in [6.07, 6.45) is 5.83. The standard InChI is InChI=1S/C13H16N2O3S/c16-12-3-4-13-14-11(7-15(13)8-12)6-10-2-1-5-19(17,18)9-10/h3-4,7-8,10,16H,1-2,5-6,9H2. The Morgan fingerprint density at radius 2 is 2.21 bits per heavy atom. The second-order valence-corrected chi connectivity index (χ2v) is 7.44. The number of hydrogen-bond donors (Lipinski definition) is 1. The summed E-state index contributed by atoms with van der Waals surface area (Å²) in [4.78, 5) is 4.45. The second-order valence-electron chi connectivity index (χ2n) is 5.21. The van der Waals surface area contributed by atoms with Crippen LogP contribution in [0.15, 0.2) is 24.5 Å². The van der Waals surface area contributed by atoms with Crippen molar-refractivity contribution in [1.29, 1.82) is 0 Å². The SMILES string of the molecule is O=S1(=O)CCCC(Cc2cn3cc(O)ccc3n2)C1. The molecule has 1 fully saturated rings. The van der Waals surface area contributed by atoms with Crippen LogP contribution in [0.3, 0.4) is 0 Å². The highest BCUT2D eigenvalue weighted by atomic mass is 32.2. The molecule has 5 nitrogen and oxygen atoms in total. The predicted octanol–water partition coefficient (Wildman–Crippen LogP) is 1.41. The number of nitrogens with zero attached hydrogens (tertiary/aromatic N) is 2. The number of aromatic nitrogens is 2. The lowest BCUT2D eigenvalue weighted by Gasteiger charge is -2.20. The Hall–Kier alpha value is -1.56. The Bertz CT molecular complexity index is 706. The van der Waals surface area contributed by atoms with Gasteiger partial charge in [0.05, 0.1) is 23.4 Å². The molecule has 2 aromatic rings. The van der Waals surface area contributed by atoms with Gasteiger partial charge in [0.15, 0.2) is 9.84 Å². The van der Waals surface area contributed by atoms with Gasteiger partial charge in [-0.15, -0.1) is 0 Å². The van der Waals surface area contributed by atoms with Crippen molar-refractivity contribution in [2.24, 2.45) is 5.92 Å². The zero-order valence-electron chi connectivity index (χ0n) is 10.5. The van der Waals surface area contributed by atoms with Gasteiger partial charge in [-0.05, 0) is 37.3 Å². The van der Waals surface area contributed by atoms with Gasteiger partial charge in [-0.25, -0.2) is 13.4 Å². The molecule has 3 heterocycles. The average molecular weight is 280 g/mol. The number of fused-ring (bicyclic) bond motifs is 1. The van der Waals surface area contributed by atoms with Crippen molar-refractivity contribution in [2.45, 2.75) is 19.3 Å². The molecule has 0 bridgehead atoms. The Labute approximate surface area is 111 Å². The lowest BCUT2D eigenvalue weighted by atomic mass is 10.00. The van der Waals surface area contributed by atoms with Crippen LogP contribution in [0.25, 0.3) is 5.65 Å². The number of aromatic hydroxyl groups is 1.